The number of carbonyl (C=O) groups is 1. The van der Waals surface area contributed by atoms with Crippen molar-refractivity contribution in [2.24, 2.45) is 0 Å². The van der Waals surface area contributed by atoms with E-state index in [4.69, 9.17) is 0 Å². The molecule has 0 aromatic carbocycles. The standard InChI is InChI=1S/C4H5O.Sn.H/c1-2-3-4-5;;/h2-3H,1H3;;. The van der Waals surface area contributed by atoms with E-state index in [1.165, 1.54) is 0 Å². The molecule has 6 heavy (non-hydrogen) atoms. The fraction of sp³-hybridized carbons (Fsp3) is 0.250. The summed E-state index contributed by atoms with van der Waals surface area (Å²) in [6.07, 6.45) is 3.34. The van der Waals surface area contributed by atoms with Gasteiger partial charge in [0, 0.05) is 0 Å². The van der Waals surface area contributed by atoms with Gasteiger partial charge in [-0.2, -0.15) is 0 Å². The Kier molecular flexibility index (Phi) is 3.52. The van der Waals surface area contributed by atoms with Crippen LogP contribution in [0.5, 0.6) is 0 Å². The number of hydrogen-bond acceptors (Lipinski definition) is 1. The van der Waals surface area contributed by atoms with Crippen LogP contribution in [-0.2, 0) is 4.79 Å². The molecular weight excluding hydrogens is 183 g/mol. The third-order valence-electron chi connectivity index (χ3n) is 0.331. The number of allylic oxidation sites excluding steroid dienone is 2. The maximum absolute atomic E-state index is 10.0. The third-order valence-corrected chi connectivity index (χ3v) is 0.880. The summed E-state index contributed by atoms with van der Waals surface area (Å²) in [5.74, 6) is 0. The van der Waals surface area contributed by atoms with Crippen molar-refractivity contribution in [1.82, 2.24) is 0 Å². The predicted octanol–water partition coefficient (Wildman–Crippen LogP) is -0.0101. The van der Waals surface area contributed by atoms with Crippen LogP contribution < -0.4 is 0 Å². The Balaban J connectivity index is 3.30. The van der Waals surface area contributed by atoms with E-state index in [-0.39, 0.29) is 3.80 Å². The first kappa shape index (κ1) is 6.21. The number of hydrogen-bond donors (Lipinski definition) is 0. The Morgan fingerprint density at radius 3 is 2.33 bits per heavy atom. The van der Waals surface area contributed by atoms with Gasteiger partial charge in [-0.15, -0.1) is 0 Å². The minimum absolute atomic E-state index is 0.239. The molecule has 0 aliphatic heterocycles. The van der Waals surface area contributed by atoms with Crippen LogP contribution in [0.3, 0.4) is 0 Å². The Bertz CT molecular complexity index is 75.6. The first-order valence-corrected chi connectivity index (χ1v) is 3.34. The van der Waals surface area contributed by atoms with E-state index < -0.39 is 0 Å². The summed E-state index contributed by atoms with van der Waals surface area (Å²) in [5.41, 5.74) is 0. The summed E-state index contributed by atoms with van der Waals surface area (Å²) in [6, 6.07) is 0. The van der Waals surface area contributed by atoms with Gasteiger partial charge in [0.1, 0.15) is 0 Å². The van der Waals surface area contributed by atoms with Crippen molar-refractivity contribution in [3.63, 3.8) is 0 Å². The second-order valence-corrected chi connectivity index (χ2v) is 2.53. The molecule has 0 rings (SSSR count). The van der Waals surface area contributed by atoms with Crippen LogP contribution in [0.1, 0.15) is 6.92 Å². The fourth-order valence-corrected chi connectivity index (χ4v) is 0.714. The molecule has 0 N–H and O–H groups in total. The molecule has 0 fully saturated rings. The second kappa shape index (κ2) is 3.40. The van der Waals surface area contributed by atoms with Crippen LogP contribution in [0.15, 0.2) is 12.2 Å². The molecule has 2 radical (unpaired) electrons. The SMILES string of the molecule is CC=C[C](=O)[SnH]. The van der Waals surface area contributed by atoms with Crippen LogP contribution in [0.25, 0.3) is 0 Å². The fourth-order valence-electron chi connectivity index (χ4n) is 0.164. The summed E-state index contributed by atoms with van der Waals surface area (Å²) >= 11 is 0.709. The molecule has 0 aliphatic carbocycles. The van der Waals surface area contributed by atoms with Crippen LogP contribution in [0.4, 0.5) is 0 Å². The zero-order chi connectivity index (χ0) is 4.99. The van der Waals surface area contributed by atoms with Crippen molar-refractivity contribution in [2.45, 2.75) is 6.92 Å². The normalized spacial score (nSPS) is 9.67. The molecule has 0 saturated carbocycles. The van der Waals surface area contributed by atoms with Crippen LogP contribution in [0, 0.1) is 0 Å². The quantitative estimate of drug-likeness (QED) is 0.418. The molecule has 0 unspecified atom stereocenters. The molecule has 0 aliphatic rings. The van der Waals surface area contributed by atoms with Gasteiger partial charge in [0.25, 0.3) is 0 Å². The van der Waals surface area contributed by atoms with Gasteiger partial charge in [0.15, 0.2) is 0 Å². The van der Waals surface area contributed by atoms with Gasteiger partial charge in [-0.25, -0.2) is 0 Å². The van der Waals surface area contributed by atoms with Crippen molar-refractivity contribution in [3.8, 4) is 0 Å². The third kappa shape index (κ3) is 4.21. The minimum atomic E-state index is 0.239. The van der Waals surface area contributed by atoms with Crippen molar-refractivity contribution in [3.05, 3.63) is 12.2 Å². The summed E-state index contributed by atoms with van der Waals surface area (Å²) in [7, 11) is 0. The van der Waals surface area contributed by atoms with E-state index in [2.05, 4.69) is 0 Å². The molecule has 0 heterocycles. The summed E-state index contributed by atoms with van der Waals surface area (Å²) < 4.78 is 0.239. The molecule has 0 spiro atoms. The Morgan fingerprint density at radius 2 is 2.33 bits per heavy atom. The van der Waals surface area contributed by atoms with E-state index in [0.717, 1.165) is 0 Å². The van der Waals surface area contributed by atoms with Gasteiger partial charge in [0.2, 0.25) is 0 Å². The topological polar surface area (TPSA) is 17.1 Å². The van der Waals surface area contributed by atoms with Crippen molar-refractivity contribution in [1.29, 1.82) is 0 Å². The van der Waals surface area contributed by atoms with Gasteiger partial charge >= 0.3 is 50.2 Å². The van der Waals surface area contributed by atoms with Gasteiger partial charge < -0.3 is 0 Å². The summed E-state index contributed by atoms with van der Waals surface area (Å²) in [6.45, 7) is 1.84. The van der Waals surface area contributed by atoms with Crippen LogP contribution >= 0.6 is 0 Å². The Morgan fingerprint density at radius 1 is 1.83 bits per heavy atom. The van der Waals surface area contributed by atoms with Crippen LogP contribution in [-0.4, -0.2) is 26.3 Å². The molecule has 0 aromatic rings. The number of carbonyl (C=O) groups excluding carboxylic acids is 1. The average Bonchev–Trinajstić information content (AvgIpc) is 1.35. The molecule has 32 valence electrons. The monoisotopic (exact) mass is 190 g/mol. The first-order chi connectivity index (χ1) is 2.77. The zero-order valence-electron chi connectivity index (χ0n) is 3.64. The van der Waals surface area contributed by atoms with Gasteiger partial charge in [-0.3, -0.25) is 0 Å². The van der Waals surface area contributed by atoms with E-state index >= 15 is 0 Å². The average molecular weight is 189 g/mol. The Labute approximate surface area is 50.5 Å². The first-order valence-electron chi connectivity index (χ1n) is 1.69. The van der Waals surface area contributed by atoms with E-state index in [1.807, 2.05) is 6.92 Å². The summed E-state index contributed by atoms with van der Waals surface area (Å²) in [4.78, 5) is 10.0. The van der Waals surface area contributed by atoms with Gasteiger partial charge in [-0.1, -0.05) is 0 Å². The van der Waals surface area contributed by atoms with E-state index in [0.29, 0.717) is 22.5 Å². The molecule has 0 amide bonds. The van der Waals surface area contributed by atoms with Crippen molar-refractivity contribution in [2.75, 3.05) is 0 Å². The second-order valence-electron chi connectivity index (χ2n) is 0.902. The zero-order valence-corrected chi connectivity index (χ0v) is 6.94. The molecule has 0 saturated heterocycles. The molecular formula is C4H6OSn. The van der Waals surface area contributed by atoms with Crippen molar-refractivity contribution < 1.29 is 4.79 Å². The molecule has 2 heteroatoms. The van der Waals surface area contributed by atoms with Crippen LogP contribution in [0.2, 0.25) is 0 Å². The molecule has 1 nitrogen and oxygen atoms in total. The number of rotatable bonds is 1. The van der Waals surface area contributed by atoms with Gasteiger partial charge in [-0.05, 0) is 0 Å². The molecule has 0 aromatic heterocycles. The molecule has 0 bridgehead atoms. The van der Waals surface area contributed by atoms with E-state index in [1.54, 1.807) is 12.2 Å². The predicted molar refractivity (Wildman–Crippen MR) is 27.0 cm³/mol. The summed E-state index contributed by atoms with van der Waals surface area (Å²) in [5, 5.41) is 0. The maximum atomic E-state index is 10.0. The van der Waals surface area contributed by atoms with Crippen molar-refractivity contribution >= 4 is 26.3 Å². The van der Waals surface area contributed by atoms with Gasteiger partial charge in [0.05, 0.1) is 0 Å². The van der Waals surface area contributed by atoms with E-state index in [9.17, 15) is 4.79 Å². The molecule has 0 atom stereocenters. The Hall–Kier alpha value is 0.209.